The van der Waals surface area contributed by atoms with Gasteiger partial charge < -0.3 is 10.1 Å². The number of hydrogen-bond acceptors (Lipinski definition) is 4. The molecule has 0 aromatic carbocycles. The van der Waals surface area contributed by atoms with Gasteiger partial charge in [-0.1, -0.05) is 6.92 Å². The van der Waals surface area contributed by atoms with Crippen molar-refractivity contribution >= 4 is 17.7 Å². The van der Waals surface area contributed by atoms with Gasteiger partial charge in [0.2, 0.25) is 0 Å². The first kappa shape index (κ1) is 14.8. The lowest BCUT2D eigenvalue weighted by Crippen LogP contribution is -2.45. The average molecular weight is 259 g/mol. The lowest BCUT2D eigenvalue weighted by molar-refractivity contribution is -0.146. The van der Waals surface area contributed by atoms with Crippen molar-refractivity contribution in [1.29, 1.82) is 0 Å². The summed E-state index contributed by atoms with van der Waals surface area (Å²) in [7, 11) is 0. The van der Waals surface area contributed by atoms with Crippen LogP contribution in [-0.2, 0) is 9.53 Å². The van der Waals surface area contributed by atoms with Crippen molar-refractivity contribution in [3.8, 4) is 0 Å². The quantitative estimate of drug-likeness (QED) is 0.744. The molecule has 1 unspecified atom stereocenters. The summed E-state index contributed by atoms with van der Waals surface area (Å²) in [5, 5.41) is 4.27. The van der Waals surface area contributed by atoms with E-state index in [-0.39, 0.29) is 12.0 Å². The zero-order valence-corrected chi connectivity index (χ0v) is 12.0. The molecule has 1 saturated carbocycles. The van der Waals surface area contributed by atoms with Gasteiger partial charge in [0, 0.05) is 11.3 Å². The first-order valence-electron chi connectivity index (χ1n) is 6.66. The maximum atomic E-state index is 11.7. The van der Waals surface area contributed by atoms with E-state index in [2.05, 4.69) is 11.6 Å². The van der Waals surface area contributed by atoms with Crippen LogP contribution >= 0.6 is 11.8 Å². The number of carbonyl (C=O) groups excluding carboxylic acids is 1. The Morgan fingerprint density at radius 2 is 2.00 bits per heavy atom. The minimum atomic E-state index is -0.120. The van der Waals surface area contributed by atoms with Crippen molar-refractivity contribution in [3.05, 3.63) is 0 Å². The molecule has 0 aromatic rings. The Morgan fingerprint density at radius 1 is 1.35 bits per heavy atom. The number of carbonyl (C=O) groups is 1. The van der Waals surface area contributed by atoms with Crippen LogP contribution in [0.15, 0.2) is 0 Å². The lowest BCUT2D eigenvalue weighted by Gasteiger charge is -2.30. The van der Waals surface area contributed by atoms with Crippen LogP contribution in [0.5, 0.6) is 0 Å². The first-order chi connectivity index (χ1) is 8.21. The van der Waals surface area contributed by atoms with E-state index in [0.717, 1.165) is 11.7 Å². The fourth-order valence-electron chi connectivity index (χ4n) is 2.35. The fraction of sp³-hybridized carbons (Fsp3) is 0.923. The zero-order chi connectivity index (χ0) is 12.7. The normalized spacial score (nSPS) is 26.5. The van der Waals surface area contributed by atoms with Crippen LogP contribution in [0.25, 0.3) is 0 Å². The number of ether oxygens (including phenoxy) is 1. The monoisotopic (exact) mass is 259 g/mol. The molecule has 0 amide bonds. The maximum absolute atomic E-state index is 11.7. The molecular formula is C13H25NO2S. The van der Waals surface area contributed by atoms with Crippen LogP contribution < -0.4 is 5.32 Å². The van der Waals surface area contributed by atoms with Crippen molar-refractivity contribution in [2.45, 2.75) is 63.3 Å². The van der Waals surface area contributed by atoms with E-state index in [1.165, 1.54) is 25.7 Å². The van der Waals surface area contributed by atoms with Crippen molar-refractivity contribution in [3.63, 3.8) is 0 Å². The van der Waals surface area contributed by atoms with Gasteiger partial charge in [0.25, 0.3) is 0 Å². The first-order valence-corrected chi connectivity index (χ1v) is 7.95. The molecule has 1 rings (SSSR count). The van der Waals surface area contributed by atoms with E-state index in [1.807, 2.05) is 25.6 Å². The summed E-state index contributed by atoms with van der Waals surface area (Å²) >= 11 is 1.97. The van der Waals surface area contributed by atoms with Crippen molar-refractivity contribution in [2.24, 2.45) is 0 Å². The molecule has 0 bridgehead atoms. The molecule has 0 saturated heterocycles. The molecule has 1 aliphatic rings. The summed E-state index contributed by atoms with van der Waals surface area (Å²) in [6, 6.07) is 0.374. The van der Waals surface area contributed by atoms with Crippen LogP contribution in [-0.4, -0.2) is 36.2 Å². The minimum Gasteiger partial charge on any atom is -0.465 e. The van der Waals surface area contributed by atoms with Crippen LogP contribution in [0, 0.1) is 0 Å². The molecule has 0 aromatic heterocycles. The molecule has 0 aliphatic heterocycles. The predicted molar refractivity (Wildman–Crippen MR) is 73.4 cm³/mol. The van der Waals surface area contributed by atoms with E-state index < -0.39 is 0 Å². The van der Waals surface area contributed by atoms with Gasteiger partial charge in [0.15, 0.2) is 0 Å². The van der Waals surface area contributed by atoms with E-state index in [0.29, 0.717) is 12.6 Å². The van der Waals surface area contributed by atoms with E-state index >= 15 is 0 Å². The molecule has 4 heteroatoms. The second-order valence-corrected chi connectivity index (χ2v) is 5.73. The second kappa shape index (κ2) is 7.98. The lowest BCUT2D eigenvalue weighted by atomic mass is 9.94. The Kier molecular flexibility index (Phi) is 6.97. The molecular weight excluding hydrogens is 234 g/mol. The summed E-state index contributed by atoms with van der Waals surface area (Å²) in [5.41, 5.74) is 0. The van der Waals surface area contributed by atoms with Crippen LogP contribution in [0.4, 0.5) is 0 Å². The third-order valence-electron chi connectivity index (χ3n) is 3.42. The van der Waals surface area contributed by atoms with Gasteiger partial charge in [0.05, 0.1) is 6.61 Å². The molecule has 0 radical (unpaired) electrons. The highest BCUT2D eigenvalue weighted by Crippen LogP contribution is 2.27. The van der Waals surface area contributed by atoms with Gasteiger partial charge in [0.1, 0.15) is 6.04 Å². The number of nitrogens with one attached hydrogen (secondary N) is 1. The van der Waals surface area contributed by atoms with E-state index in [1.54, 1.807) is 0 Å². The Bertz CT molecular complexity index is 227. The predicted octanol–water partition coefficient (Wildman–Crippen LogP) is 2.59. The Labute approximate surface area is 109 Å². The minimum absolute atomic E-state index is 0.0954. The smallest absolute Gasteiger partial charge is 0.323 e. The molecule has 3 nitrogen and oxygen atoms in total. The van der Waals surface area contributed by atoms with Gasteiger partial charge >= 0.3 is 5.97 Å². The van der Waals surface area contributed by atoms with Crippen molar-refractivity contribution in [1.82, 2.24) is 5.32 Å². The van der Waals surface area contributed by atoms with Gasteiger partial charge in [-0.05, 0) is 45.3 Å². The third kappa shape index (κ3) is 4.88. The molecule has 1 aliphatic carbocycles. The maximum Gasteiger partial charge on any atom is 0.323 e. The second-order valence-electron chi connectivity index (χ2n) is 4.59. The SMILES string of the molecule is CCOC(=O)C(CC)NC1CCC(SC)CC1. The molecule has 17 heavy (non-hydrogen) atoms. The summed E-state index contributed by atoms with van der Waals surface area (Å²) < 4.78 is 5.07. The number of hydrogen-bond donors (Lipinski definition) is 1. The van der Waals surface area contributed by atoms with Crippen molar-refractivity contribution < 1.29 is 9.53 Å². The van der Waals surface area contributed by atoms with E-state index in [4.69, 9.17) is 4.74 Å². The van der Waals surface area contributed by atoms with Crippen molar-refractivity contribution in [2.75, 3.05) is 12.9 Å². The van der Waals surface area contributed by atoms with Gasteiger partial charge in [-0.25, -0.2) is 0 Å². The largest absolute Gasteiger partial charge is 0.465 e. The van der Waals surface area contributed by atoms with Gasteiger partial charge in [-0.15, -0.1) is 0 Å². The zero-order valence-electron chi connectivity index (χ0n) is 11.2. The molecule has 1 atom stereocenters. The molecule has 100 valence electrons. The highest BCUT2D eigenvalue weighted by Gasteiger charge is 2.25. The van der Waals surface area contributed by atoms with Crippen LogP contribution in [0.3, 0.4) is 0 Å². The average Bonchev–Trinajstić information content (AvgIpc) is 2.37. The summed E-state index contributed by atoms with van der Waals surface area (Å²) in [5.74, 6) is -0.0954. The number of esters is 1. The topological polar surface area (TPSA) is 38.3 Å². The molecule has 0 spiro atoms. The summed E-state index contributed by atoms with van der Waals surface area (Å²) in [4.78, 5) is 11.7. The number of thioether (sulfide) groups is 1. The summed E-state index contributed by atoms with van der Waals surface area (Å²) in [6.07, 6.45) is 7.88. The molecule has 1 N–H and O–H groups in total. The highest BCUT2D eigenvalue weighted by atomic mass is 32.2. The van der Waals surface area contributed by atoms with E-state index in [9.17, 15) is 4.79 Å². The Hall–Kier alpha value is -0.220. The standard InChI is InChI=1S/C13H25NO2S/c1-4-12(13(15)16-5-2)14-10-6-8-11(17-3)9-7-10/h10-12,14H,4-9H2,1-3H3. The summed E-state index contributed by atoms with van der Waals surface area (Å²) in [6.45, 7) is 4.35. The third-order valence-corrected chi connectivity index (χ3v) is 4.56. The molecule has 0 heterocycles. The van der Waals surface area contributed by atoms with Crippen LogP contribution in [0.1, 0.15) is 46.0 Å². The number of rotatable bonds is 6. The van der Waals surface area contributed by atoms with Gasteiger partial charge in [-0.3, -0.25) is 4.79 Å². The Morgan fingerprint density at radius 3 is 2.47 bits per heavy atom. The highest BCUT2D eigenvalue weighted by molar-refractivity contribution is 7.99. The van der Waals surface area contributed by atoms with Gasteiger partial charge in [-0.2, -0.15) is 11.8 Å². The molecule has 1 fully saturated rings. The fourth-order valence-corrected chi connectivity index (χ4v) is 3.09. The van der Waals surface area contributed by atoms with Crippen LogP contribution in [0.2, 0.25) is 0 Å². The Balaban J connectivity index is 2.34.